The molecule has 8 bridgehead atoms. The van der Waals surface area contributed by atoms with Crippen LogP contribution in [0.2, 0.25) is 0 Å². The fourth-order valence-corrected chi connectivity index (χ4v) is 7.06. The van der Waals surface area contributed by atoms with Gasteiger partial charge in [-0.15, -0.1) is 0 Å². The number of hydrogen-bond donors (Lipinski definition) is 6. The molecule has 5 heterocycles. The lowest BCUT2D eigenvalue weighted by Gasteiger charge is -1.98. The maximum Gasteiger partial charge on any atom is 0.335 e. The maximum absolute atomic E-state index is 11.6. The minimum absolute atomic E-state index is 0.120. The number of carboxylic acids is 4. The fourth-order valence-electron chi connectivity index (χ4n) is 7.06. The van der Waals surface area contributed by atoms with Crippen molar-refractivity contribution in [2.45, 2.75) is 0 Å². The summed E-state index contributed by atoms with van der Waals surface area (Å²) in [6, 6.07) is 32.2. The molecule has 3 aromatic heterocycles. The summed E-state index contributed by atoms with van der Waals surface area (Å²) in [7, 11) is 0. The summed E-state index contributed by atoms with van der Waals surface area (Å²) < 4.78 is 0. The molecule has 0 atom stereocenters. The first-order valence-electron chi connectivity index (χ1n) is 20.5. The summed E-state index contributed by atoms with van der Waals surface area (Å²) in [5.41, 5.74) is 8.94. The third kappa shape index (κ3) is 9.29. The van der Waals surface area contributed by atoms with Crippen LogP contribution in [0, 0.1) is 47.4 Å². The lowest BCUT2D eigenvalue weighted by Crippen LogP contribution is -1.95. The van der Waals surface area contributed by atoms with E-state index in [9.17, 15) is 39.6 Å². The largest absolute Gasteiger partial charge is 0.478 e. The van der Waals surface area contributed by atoms with Gasteiger partial charge in [-0.05, 0) is 146 Å². The number of aromatic amines is 2. The molecule has 0 amide bonds. The Balaban J connectivity index is 1.33. The number of rotatable bonds is 4. The molecule has 4 aromatic carbocycles. The molecule has 0 fully saturated rings. The standard InChI is InChI=1S/C56H30N4O8/c61-53(62)37-13-1-33(2-14-37)9-21-41-45-25-27-47(57-45)42(22-10-34-3-15-38(16-4-34)54(63)64)49-29-31-51(59-49)44(24-12-36-7-19-40(20-8-36)56(67)68)52-32-30-50(60-52)43(48-28-26-46(41)58-48)23-11-35-5-17-39(18-6-35)55(65)66/h1-8,13-20,25-32,57,60H,(H,61,62)(H,63,64)(H,65,66)(H,67,68). The minimum Gasteiger partial charge on any atom is -0.478 e. The normalized spacial score (nSPS) is 10.8. The monoisotopic (exact) mass is 886 g/mol. The first kappa shape index (κ1) is 42.9. The lowest BCUT2D eigenvalue weighted by molar-refractivity contribution is 0.0686. The van der Waals surface area contributed by atoms with Gasteiger partial charge in [0.05, 0.1) is 89.4 Å². The van der Waals surface area contributed by atoms with Crippen LogP contribution in [-0.4, -0.2) is 64.2 Å². The van der Waals surface area contributed by atoms with Gasteiger partial charge in [-0.2, -0.15) is 0 Å². The van der Waals surface area contributed by atoms with E-state index < -0.39 is 23.9 Å². The lowest BCUT2D eigenvalue weighted by atomic mass is 10.1. The van der Waals surface area contributed by atoms with Crippen LogP contribution in [0.15, 0.2) is 121 Å². The van der Waals surface area contributed by atoms with Crippen LogP contribution in [0.3, 0.4) is 0 Å². The fraction of sp³-hybridized carbons (Fsp3) is 0. The van der Waals surface area contributed by atoms with Crippen molar-refractivity contribution in [1.29, 1.82) is 0 Å². The van der Waals surface area contributed by atoms with Crippen molar-refractivity contribution in [3.63, 3.8) is 0 Å². The van der Waals surface area contributed by atoms with E-state index in [1.165, 1.54) is 48.5 Å². The van der Waals surface area contributed by atoms with E-state index in [0.29, 0.717) is 89.4 Å². The highest BCUT2D eigenvalue weighted by Crippen LogP contribution is 2.27. The summed E-state index contributed by atoms with van der Waals surface area (Å²) in [5.74, 6) is 21.4. The SMILES string of the molecule is O=C(O)c1ccc(C#Cc2c3nc(c(C#Cc4ccc(C(=O)O)cc4)c4ccc([nH]4)c(C#Cc4ccc(C(=O)O)cc4)c4nc(c(C#Cc5ccc(C(=O)O)cc5)c5ccc2[nH]5)C=C4)C=C3)cc1. The van der Waals surface area contributed by atoms with Crippen molar-refractivity contribution in [2.75, 3.05) is 0 Å². The number of hydrogen-bond acceptors (Lipinski definition) is 6. The minimum atomic E-state index is -1.06. The van der Waals surface area contributed by atoms with Gasteiger partial charge in [0.15, 0.2) is 0 Å². The molecule has 0 spiro atoms. The number of carboxylic acid groups (broad SMARTS) is 4. The highest BCUT2D eigenvalue weighted by molar-refractivity contribution is 5.91. The number of aromatic nitrogens is 4. The Labute approximate surface area is 386 Å². The van der Waals surface area contributed by atoms with Crippen LogP contribution >= 0.6 is 0 Å². The first-order chi connectivity index (χ1) is 32.9. The van der Waals surface area contributed by atoms with Crippen LogP contribution in [0.5, 0.6) is 0 Å². The molecule has 9 rings (SSSR count). The van der Waals surface area contributed by atoms with E-state index >= 15 is 0 Å². The number of nitrogens with one attached hydrogen (secondary N) is 2. The molecular formula is C56H30N4O8. The Kier molecular flexibility index (Phi) is 11.6. The molecule has 7 aromatic rings. The number of nitrogens with zero attached hydrogens (tertiary/aromatic N) is 2. The zero-order valence-electron chi connectivity index (χ0n) is 35.2. The molecule has 322 valence electrons. The van der Waals surface area contributed by atoms with Gasteiger partial charge in [-0.3, -0.25) is 0 Å². The van der Waals surface area contributed by atoms with Gasteiger partial charge in [-0.1, -0.05) is 47.4 Å². The molecule has 6 N–H and O–H groups in total. The number of carbonyl (C=O) groups is 4. The van der Waals surface area contributed by atoms with E-state index in [1.807, 2.05) is 48.6 Å². The highest BCUT2D eigenvalue weighted by atomic mass is 16.4. The number of H-pyrrole nitrogens is 2. The van der Waals surface area contributed by atoms with Crippen molar-refractivity contribution in [2.24, 2.45) is 0 Å². The summed E-state index contributed by atoms with van der Waals surface area (Å²) in [4.78, 5) is 63.4. The van der Waals surface area contributed by atoms with Gasteiger partial charge in [0.2, 0.25) is 0 Å². The number of fused-ring (bicyclic) bond motifs is 8. The van der Waals surface area contributed by atoms with Gasteiger partial charge >= 0.3 is 23.9 Å². The van der Waals surface area contributed by atoms with Crippen LogP contribution < -0.4 is 0 Å². The molecule has 2 aliphatic heterocycles. The summed E-state index contributed by atoms with van der Waals surface area (Å²) >= 11 is 0. The van der Waals surface area contributed by atoms with Crippen molar-refractivity contribution in [3.05, 3.63) is 211 Å². The van der Waals surface area contributed by atoms with E-state index in [0.717, 1.165) is 0 Å². The van der Waals surface area contributed by atoms with Crippen molar-refractivity contribution < 1.29 is 39.6 Å². The molecule has 0 radical (unpaired) electrons. The van der Waals surface area contributed by atoms with Crippen LogP contribution in [0.1, 0.15) is 109 Å². The Morgan fingerprint density at radius 1 is 0.309 bits per heavy atom. The van der Waals surface area contributed by atoms with Gasteiger partial charge < -0.3 is 30.4 Å². The summed E-state index contributed by atoms with van der Waals surface area (Å²) in [6.07, 6.45) is 7.25. The second kappa shape index (κ2) is 18.4. The quantitative estimate of drug-likeness (QED) is 0.0925. The molecule has 12 nitrogen and oxygen atoms in total. The predicted molar refractivity (Wildman–Crippen MR) is 256 cm³/mol. The van der Waals surface area contributed by atoms with Crippen LogP contribution in [0.25, 0.3) is 46.4 Å². The Hall–Kier alpha value is -10.4. The van der Waals surface area contributed by atoms with Crippen LogP contribution in [-0.2, 0) is 0 Å². The zero-order chi connectivity index (χ0) is 47.3. The van der Waals surface area contributed by atoms with E-state index in [4.69, 9.17) is 9.97 Å². The molecule has 12 heteroatoms. The third-order valence-corrected chi connectivity index (χ3v) is 10.6. The predicted octanol–water partition coefficient (Wildman–Crippen LogP) is 9.05. The van der Waals surface area contributed by atoms with Crippen molar-refractivity contribution in [1.82, 2.24) is 19.9 Å². The van der Waals surface area contributed by atoms with Crippen molar-refractivity contribution >= 4 is 70.2 Å². The molecule has 0 saturated heterocycles. The first-order valence-corrected chi connectivity index (χ1v) is 20.5. The molecular weight excluding hydrogens is 857 g/mol. The Bertz CT molecular complexity index is 3300. The molecule has 68 heavy (non-hydrogen) atoms. The zero-order valence-corrected chi connectivity index (χ0v) is 35.2. The van der Waals surface area contributed by atoms with Gasteiger partial charge in [0.25, 0.3) is 0 Å². The Morgan fingerprint density at radius 3 is 0.706 bits per heavy atom. The van der Waals surface area contributed by atoms with Gasteiger partial charge in [0.1, 0.15) is 0 Å². The van der Waals surface area contributed by atoms with E-state index in [-0.39, 0.29) is 22.3 Å². The number of benzene rings is 4. The number of aromatic carboxylic acids is 4. The Morgan fingerprint density at radius 2 is 0.515 bits per heavy atom. The smallest absolute Gasteiger partial charge is 0.335 e. The highest BCUT2D eigenvalue weighted by Gasteiger charge is 2.15. The molecule has 0 aliphatic carbocycles. The average molecular weight is 887 g/mol. The molecule has 0 saturated carbocycles. The van der Waals surface area contributed by atoms with Gasteiger partial charge in [0, 0.05) is 22.3 Å². The average Bonchev–Trinajstić information content (AvgIpc) is 4.20. The van der Waals surface area contributed by atoms with E-state index in [2.05, 4.69) is 57.3 Å². The van der Waals surface area contributed by atoms with Crippen LogP contribution in [0.4, 0.5) is 0 Å². The third-order valence-electron chi connectivity index (χ3n) is 10.6. The summed E-state index contributed by atoms with van der Waals surface area (Å²) in [6.45, 7) is 0. The second-order valence-electron chi connectivity index (χ2n) is 15.0. The maximum atomic E-state index is 11.6. The van der Waals surface area contributed by atoms with E-state index in [1.54, 1.807) is 48.5 Å². The second-order valence-corrected chi connectivity index (χ2v) is 15.0. The van der Waals surface area contributed by atoms with Crippen molar-refractivity contribution in [3.8, 4) is 47.4 Å². The topological polar surface area (TPSA) is 207 Å². The summed E-state index contributed by atoms with van der Waals surface area (Å²) in [5, 5.41) is 37.9. The molecule has 2 aliphatic rings. The molecule has 0 unspecified atom stereocenters. The van der Waals surface area contributed by atoms with Gasteiger partial charge in [-0.25, -0.2) is 29.1 Å².